The van der Waals surface area contributed by atoms with E-state index in [4.69, 9.17) is 11.6 Å². The minimum Gasteiger partial charge on any atom is -0.384 e. The van der Waals surface area contributed by atoms with Crippen LogP contribution in [0, 0.1) is 0 Å². The number of halogens is 1. The van der Waals surface area contributed by atoms with Gasteiger partial charge in [-0.05, 0) is 29.5 Å². The van der Waals surface area contributed by atoms with Crippen molar-refractivity contribution < 1.29 is 0 Å². The van der Waals surface area contributed by atoms with Gasteiger partial charge >= 0.3 is 0 Å². The number of hydrogen-bond donors (Lipinski definition) is 1. The number of nitrogens with one attached hydrogen (secondary N) is 1. The van der Waals surface area contributed by atoms with Crippen LogP contribution in [0.1, 0.15) is 10.4 Å². The first kappa shape index (κ1) is 11.5. The number of rotatable bonds is 5. The molecule has 84 valence electrons. The van der Waals surface area contributed by atoms with Gasteiger partial charge in [0.05, 0.1) is 0 Å². The van der Waals surface area contributed by atoms with E-state index in [0.717, 1.165) is 24.2 Å². The molecule has 1 heterocycles. The van der Waals surface area contributed by atoms with Crippen molar-refractivity contribution in [3.05, 3.63) is 52.2 Å². The van der Waals surface area contributed by atoms with Gasteiger partial charge < -0.3 is 5.32 Å². The molecular formula is C13H14ClNS. The Hall–Kier alpha value is -0.990. The molecule has 0 unspecified atom stereocenters. The predicted molar refractivity (Wildman–Crippen MR) is 72.5 cm³/mol. The minimum absolute atomic E-state index is 0.558. The van der Waals surface area contributed by atoms with Crippen LogP contribution in [0.4, 0.5) is 5.69 Å². The van der Waals surface area contributed by atoms with E-state index in [1.807, 2.05) is 12.1 Å². The van der Waals surface area contributed by atoms with Gasteiger partial charge in [0.1, 0.15) is 0 Å². The number of para-hydroxylation sites is 1. The van der Waals surface area contributed by atoms with Crippen molar-refractivity contribution in [1.82, 2.24) is 0 Å². The highest BCUT2D eigenvalue weighted by atomic mass is 35.5. The Morgan fingerprint density at radius 2 is 2.00 bits per heavy atom. The molecule has 0 atom stereocenters. The Morgan fingerprint density at radius 3 is 2.75 bits per heavy atom. The van der Waals surface area contributed by atoms with Crippen molar-refractivity contribution in [3.8, 4) is 0 Å². The summed E-state index contributed by atoms with van der Waals surface area (Å²) in [6.45, 7) is 0.953. The second-order valence-corrected chi connectivity index (χ2v) is 4.85. The van der Waals surface area contributed by atoms with Crippen LogP contribution in [0.25, 0.3) is 0 Å². The highest BCUT2D eigenvalue weighted by Crippen LogP contribution is 2.17. The molecule has 0 aliphatic rings. The Morgan fingerprint density at radius 1 is 1.12 bits per heavy atom. The molecule has 0 fully saturated rings. The highest BCUT2D eigenvalue weighted by molar-refractivity contribution is 7.09. The van der Waals surface area contributed by atoms with Gasteiger partial charge in [0.2, 0.25) is 0 Å². The molecule has 0 aliphatic carbocycles. The molecule has 0 aliphatic heterocycles. The van der Waals surface area contributed by atoms with E-state index in [1.165, 1.54) is 4.88 Å². The summed E-state index contributed by atoms with van der Waals surface area (Å²) in [5.74, 6) is 0.558. The van der Waals surface area contributed by atoms with E-state index in [0.29, 0.717) is 5.88 Å². The van der Waals surface area contributed by atoms with Gasteiger partial charge in [0, 0.05) is 23.0 Å². The third-order valence-electron chi connectivity index (χ3n) is 2.43. The van der Waals surface area contributed by atoms with Crippen LogP contribution >= 0.6 is 22.9 Å². The smallest absolute Gasteiger partial charge is 0.0494 e. The second kappa shape index (κ2) is 5.92. The van der Waals surface area contributed by atoms with E-state index >= 15 is 0 Å². The molecule has 0 spiro atoms. The summed E-state index contributed by atoms with van der Waals surface area (Å²) in [4.78, 5) is 1.41. The summed E-state index contributed by atoms with van der Waals surface area (Å²) in [6, 6.07) is 12.4. The number of anilines is 1. The number of benzene rings is 1. The van der Waals surface area contributed by atoms with Gasteiger partial charge in [-0.2, -0.15) is 0 Å². The Balaban J connectivity index is 1.89. The maximum absolute atomic E-state index is 5.87. The van der Waals surface area contributed by atoms with Crippen LogP contribution < -0.4 is 5.32 Å². The first-order chi connectivity index (χ1) is 7.90. The predicted octanol–water partition coefficient (Wildman–Crippen LogP) is 4.14. The second-order valence-electron chi connectivity index (χ2n) is 3.55. The van der Waals surface area contributed by atoms with E-state index in [9.17, 15) is 0 Å². The molecule has 1 N–H and O–H groups in total. The van der Waals surface area contributed by atoms with Crippen molar-refractivity contribution in [2.24, 2.45) is 0 Å². The van der Waals surface area contributed by atoms with Crippen molar-refractivity contribution in [2.45, 2.75) is 12.3 Å². The van der Waals surface area contributed by atoms with Crippen LogP contribution in [-0.2, 0) is 12.3 Å². The molecule has 16 heavy (non-hydrogen) atoms. The van der Waals surface area contributed by atoms with Gasteiger partial charge in [-0.3, -0.25) is 0 Å². The van der Waals surface area contributed by atoms with Crippen LogP contribution in [0.2, 0.25) is 0 Å². The topological polar surface area (TPSA) is 12.0 Å². The maximum atomic E-state index is 5.87. The van der Waals surface area contributed by atoms with Gasteiger partial charge in [-0.1, -0.05) is 24.3 Å². The van der Waals surface area contributed by atoms with Gasteiger partial charge in [0.15, 0.2) is 0 Å². The third kappa shape index (κ3) is 3.00. The normalized spacial score (nSPS) is 10.3. The van der Waals surface area contributed by atoms with Crippen LogP contribution in [0.3, 0.4) is 0 Å². The fourth-order valence-corrected chi connectivity index (χ4v) is 2.53. The Kier molecular flexibility index (Phi) is 4.25. The lowest BCUT2D eigenvalue weighted by Gasteiger charge is -2.09. The van der Waals surface area contributed by atoms with Gasteiger partial charge in [-0.15, -0.1) is 22.9 Å². The largest absolute Gasteiger partial charge is 0.384 e. The number of thiophene rings is 1. The molecule has 1 aromatic heterocycles. The summed E-state index contributed by atoms with van der Waals surface area (Å²) in [7, 11) is 0. The van der Waals surface area contributed by atoms with E-state index in [2.05, 4.69) is 35.0 Å². The summed E-state index contributed by atoms with van der Waals surface area (Å²) in [5.41, 5.74) is 2.31. The molecule has 0 saturated carbocycles. The molecule has 2 rings (SSSR count). The molecule has 3 heteroatoms. The standard InChI is InChI=1S/C13H14ClNS/c14-10-11-4-1-2-6-13(11)15-8-7-12-5-3-9-16-12/h1-6,9,15H,7-8,10H2. The minimum atomic E-state index is 0.558. The summed E-state index contributed by atoms with van der Waals surface area (Å²) in [5, 5.41) is 5.54. The first-order valence-corrected chi connectivity index (χ1v) is 6.71. The SMILES string of the molecule is ClCc1ccccc1NCCc1cccs1. The number of hydrogen-bond acceptors (Lipinski definition) is 2. The van der Waals surface area contributed by atoms with E-state index < -0.39 is 0 Å². The van der Waals surface area contributed by atoms with Crippen LogP contribution in [0.5, 0.6) is 0 Å². The Bertz CT molecular complexity index is 425. The first-order valence-electron chi connectivity index (χ1n) is 5.30. The quantitative estimate of drug-likeness (QED) is 0.788. The molecule has 0 radical (unpaired) electrons. The van der Waals surface area contributed by atoms with Gasteiger partial charge in [-0.25, -0.2) is 0 Å². The fraction of sp³-hybridized carbons (Fsp3) is 0.231. The lowest BCUT2D eigenvalue weighted by Crippen LogP contribution is -2.05. The summed E-state index contributed by atoms with van der Waals surface area (Å²) >= 11 is 7.67. The molecule has 0 amide bonds. The average molecular weight is 252 g/mol. The zero-order chi connectivity index (χ0) is 11.2. The third-order valence-corrected chi connectivity index (χ3v) is 3.65. The van der Waals surface area contributed by atoms with Crippen LogP contribution in [-0.4, -0.2) is 6.54 Å². The molecule has 0 saturated heterocycles. The molecular weight excluding hydrogens is 238 g/mol. The Labute approximate surface area is 105 Å². The zero-order valence-electron chi connectivity index (χ0n) is 8.95. The molecule has 1 nitrogen and oxygen atoms in total. The monoisotopic (exact) mass is 251 g/mol. The molecule has 0 bridgehead atoms. The van der Waals surface area contributed by atoms with Crippen molar-refractivity contribution in [1.29, 1.82) is 0 Å². The van der Waals surface area contributed by atoms with E-state index in [1.54, 1.807) is 11.3 Å². The summed E-state index contributed by atoms with van der Waals surface area (Å²) in [6.07, 6.45) is 1.06. The lowest BCUT2D eigenvalue weighted by atomic mass is 10.2. The van der Waals surface area contributed by atoms with E-state index in [-0.39, 0.29) is 0 Å². The van der Waals surface area contributed by atoms with Crippen LogP contribution in [0.15, 0.2) is 41.8 Å². The lowest BCUT2D eigenvalue weighted by molar-refractivity contribution is 1.04. The molecule has 2 aromatic rings. The van der Waals surface area contributed by atoms with Crippen molar-refractivity contribution in [2.75, 3.05) is 11.9 Å². The maximum Gasteiger partial charge on any atom is 0.0494 e. The number of alkyl halides is 1. The molecule has 1 aromatic carbocycles. The van der Waals surface area contributed by atoms with Crippen molar-refractivity contribution >= 4 is 28.6 Å². The van der Waals surface area contributed by atoms with Crippen molar-refractivity contribution in [3.63, 3.8) is 0 Å². The summed E-state index contributed by atoms with van der Waals surface area (Å²) < 4.78 is 0. The highest BCUT2D eigenvalue weighted by Gasteiger charge is 1.99. The average Bonchev–Trinajstić information content (AvgIpc) is 2.83. The zero-order valence-corrected chi connectivity index (χ0v) is 10.5. The van der Waals surface area contributed by atoms with Gasteiger partial charge in [0.25, 0.3) is 0 Å². The fourth-order valence-electron chi connectivity index (χ4n) is 1.58.